The monoisotopic (exact) mass is 541 g/mol. The molecule has 0 unspecified atom stereocenters. The van der Waals surface area contributed by atoms with Crippen molar-refractivity contribution in [1.82, 2.24) is 34.2 Å². The van der Waals surface area contributed by atoms with Crippen LogP contribution in [-0.4, -0.2) is 70.0 Å². The van der Waals surface area contributed by atoms with Gasteiger partial charge in [-0.25, -0.2) is 4.98 Å². The van der Waals surface area contributed by atoms with Gasteiger partial charge in [0.05, 0.1) is 31.1 Å². The number of aliphatic hydroxyl groups is 1. The van der Waals surface area contributed by atoms with Crippen LogP contribution >= 0.6 is 0 Å². The van der Waals surface area contributed by atoms with E-state index in [2.05, 4.69) is 30.4 Å². The van der Waals surface area contributed by atoms with E-state index < -0.39 is 5.60 Å². The number of nitrogens with one attached hydrogen (secondary N) is 1. The molecule has 0 radical (unpaired) electrons. The molecule has 1 aliphatic heterocycles. The van der Waals surface area contributed by atoms with Crippen LogP contribution in [0.3, 0.4) is 0 Å². The van der Waals surface area contributed by atoms with E-state index in [1.54, 1.807) is 35.3 Å². The third kappa shape index (κ3) is 5.37. The maximum Gasteiger partial charge on any atom is 0.274 e. The molecule has 5 heterocycles. The zero-order valence-electron chi connectivity index (χ0n) is 22.6. The largest absolute Gasteiger partial charge is 0.389 e. The van der Waals surface area contributed by atoms with Crippen LogP contribution in [-0.2, 0) is 13.1 Å². The highest BCUT2D eigenvalue weighted by Gasteiger charge is 2.25. The highest BCUT2D eigenvalue weighted by molar-refractivity contribution is 6.04. The first-order valence-corrected chi connectivity index (χ1v) is 13.1. The maximum absolute atomic E-state index is 13.4. The van der Waals surface area contributed by atoms with E-state index in [4.69, 9.17) is 10.3 Å². The number of anilines is 1. The Morgan fingerprint density at radius 3 is 2.73 bits per heavy atom. The minimum absolute atomic E-state index is 0.202. The number of aryl methyl sites for hydroxylation is 1. The van der Waals surface area contributed by atoms with Crippen molar-refractivity contribution < 1.29 is 14.4 Å². The van der Waals surface area contributed by atoms with E-state index in [9.17, 15) is 9.90 Å². The molecule has 206 valence electrons. The number of fused-ring (bicyclic) bond motifs is 1. The topological polar surface area (TPSA) is 153 Å². The van der Waals surface area contributed by atoms with Gasteiger partial charge >= 0.3 is 0 Å². The van der Waals surface area contributed by atoms with E-state index in [0.29, 0.717) is 41.8 Å². The SMILES string of the molecule is Cc1ccc(-c2noc(CN3CC(N)C3)n2)cc1NC(=O)c1cnc2ccc(-c3cnn(CC(C)(C)O)c3)cn12. The first kappa shape index (κ1) is 25.9. The molecule has 12 heteroatoms. The fraction of sp³-hybridized carbons (Fsp3) is 0.321. The molecule has 1 aromatic carbocycles. The second kappa shape index (κ2) is 9.97. The number of benzene rings is 1. The van der Waals surface area contributed by atoms with Crippen molar-refractivity contribution in [2.75, 3.05) is 18.4 Å². The second-order valence-electron chi connectivity index (χ2n) is 11.0. The van der Waals surface area contributed by atoms with Gasteiger partial charge in [0.1, 0.15) is 11.3 Å². The van der Waals surface area contributed by atoms with Crippen LogP contribution in [0.5, 0.6) is 0 Å². The number of nitrogens with zero attached hydrogens (tertiary/aromatic N) is 7. The number of nitrogens with two attached hydrogens (primary N) is 1. The van der Waals surface area contributed by atoms with Crippen LogP contribution in [0, 0.1) is 6.92 Å². The summed E-state index contributed by atoms with van der Waals surface area (Å²) in [5.74, 6) is 0.686. The first-order valence-electron chi connectivity index (χ1n) is 13.1. The second-order valence-corrected chi connectivity index (χ2v) is 11.0. The number of carbonyl (C=O) groups excluding carboxylic acids is 1. The lowest BCUT2D eigenvalue weighted by Crippen LogP contribution is -2.54. The Balaban J connectivity index is 1.21. The summed E-state index contributed by atoms with van der Waals surface area (Å²) in [4.78, 5) is 24.5. The van der Waals surface area contributed by atoms with Crippen LogP contribution in [0.4, 0.5) is 5.69 Å². The summed E-state index contributed by atoms with van der Waals surface area (Å²) in [7, 11) is 0. The van der Waals surface area contributed by atoms with Gasteiger partial charge in [0, 0.05) is 53.9 Å². The molecule has 0 saturated carbocycles. The molecule has 0 atom stereocenters. The van der Waals surface area contributed by atoms with Gasteiger partial charge in [0.25, 0.3) is 5.91 Å². The number of rotatable bonds is 8. The molecule has 1 saturated heterocycles. The number of pyridine rings is 1. The predicted octanol–water partition coefficient (Wildman–Crippen LogP) is 2.72. The molecule has 40 heavy (non-hydrogen) atoms. The molecule has 0 spiro atoms. The Kier molecular flexibility index (Phi) is 6.45. The Morgan fingerprint density at radius 1 is 1.15 bits per heavy atom. The summed E-state index contributed by atoms with van der Waals surface area (Å²) in [6, 6.07) is 9.64. The average molecular weight is 542 g/mol. The quantitative estimate of drug-likeness (QED) is 0.269. The maximum atomic E-state index is 13.4. The summed E-state index contributed by atoms with van der Waals surface area (Å²) < 4.78 is 8.88. The van der Waals surface area contributed by atoms with Gasteiger partial charge in [-0.05, 0) is 44.5 Å². The number of hydrogen-bond donors (Lipinski definition) is 3. The predicted molar refractivity (Wildman–Crippen MR) is 148 cm³/mol. The molecule has 0 aliphatic carbocycles. The van der Waals surface area contributed by atoms with Gasteiger partial charge < -0.3 is 20.7 Å². The number of amides is 1. The van der Waals surface area contributed by atoms with Crippen molar-refractivity contribution >= 4 is 17.2 Å². The third-order valence-corrected chi connectivity index (χ3v) is 6.81. The molecule has 1 amide bonds. The minimum Gasteiger partial charge on any atom is -0.389 e. The van der Waals surface area contributed by atoms with Crippen molar-refractivity contribution in [3.05, 3.63) is 72.3 Å². The van der Waals surface area contributed by atoms with E-state index in [-0.39, 0.29) is 11.9 Å². The first-order chi connectivity index (χ1) is 19.1. The number of aromatic nitrogens is 6. The number of likely N-dealkylation sites (tertiary alicyclic amines) is 1. The summed E-state index contributed by atoms with van der Waals surface area (Å²) >= 11 is 0. The van der Waals surface area contributed by atoms with Crippen molar-refractivity contribution in [2.24, 2.45) is 5.73 Å². The fourth-order valence-electron chi connectivity index (χ4n) is 4.76. The lowest BCUT2D eigenvalue weighted by atomic mass is 10.1. The number of imidazole rings is 1. The Morgan fingerprint density at radius 2 is 1.95 bits per heavy atom. The molecule has 1 aliphatic rings. The molecule has 6 rings (SSSR count). The van der Waals surface area contributed by atoms with Crippen LogP contribution in [0.15, 0.2) is 59.6 Å². The number of carbonyl (C=O) groups is 1. The van der Waals surface area contributed by atoms with Gasteiger partial charge in [-0.1, -0.05) is 17.3 Å². The molecule has 4 N–H and O–H groups in total. The normalized spacial score (nSPS) is 14.5. The van der Waals surface area contributed by atoms with Gasteiger partial charge in [-0.3, -0.25) is 18.8 Å². The molecule has 4 aromatic heterocycles. The smallest absolute Gasteiger partial charge is 0.274 e. The average Bonchev–Trinajstić information content (AvgIpc) is 3.63. The summed E-state index contributed by atoms with van der Waals surface area (Å²) in [6.07, 6.45) is 7.02. The fourth-order valence-corrected chi connectivity index (χ4v) is 4.76. The molecular weight excluding hydrogens is 510 g/mol. The van der Waals surface area contributed by atoms with Gasteiger partial charge in [0.2, 0.25) is 11.7 Å². The summed E-state index contributed by atoms with van der Waals surface area (Å²) in [5.41, 5.74) is 10.0. The summed E-state index contributed by atoms with van der Waals surface area (Å²) in [6.45, 7) is 7.95. The Hall–Kier alpha value is -4.39. The zero-order chi connectivity index (χ0) is 28.0. The van der Waals surface area contributed by atoms with Crippen molar-refractivity contribution in [1.29, 1.82) is 0 Å². The highest BCUT2D eigenvalue weighted by atomic mass is 16.5. The highest BCUT2D eigenvalue weighted by Crippen LogP contribution is 2.26. The van der Waals surface area contributed by atoms with E-state index in [1.165, 1.54) is 0 Å². The van der Waals surface area contributed by atoms with Crippen LogP contribution in [0.25, 0.3) is 28.2 Å². The molecule has 5 aromatic rings. The lowest BCUT2D eigenvalue weighted by molar-refractivity contribution is 0.0577. The molecular formula is C28H31N9O3. The summed E-state index contributed by atoms with van der Waals surface area (Å²) in [5, 5.41) is 21.6. The Labute approximate surface area is 230 Å². The van der Waals surface area contributed by atoms with E-state index in [0.717, 1.165) is 35.3 Å². The van der Waals surface area contributed by atoms with Crippen LogP contribution in [0.2, 0.25) is 0 Å². The van der Waals surface area contributed by atoms with Crippen LogP contribution in [0.1, 0.15) is 35.8 Å². The van der Waals surface area contributed by atoms with Gasteiger partial charge in [-0.15, -0.1) is 0 Å². The van der Waals surface area contributed by atoms with Crippen molar-refractivity contribution in [3.63, 3.8) is 0 Å². The van der Waals surface area contributed by atoms with Crippen molar-refractivity contribution in [2.45, 2.75) is 45.5 Å². The van der Waals surface area contributed by atoms with Crippen molar-refractivity contribution in [3.8, 4) is 22.5 Å². The lowest BCUT2D eigenvalue weighted by Gasteiger charge is -2.35. The molecule has 0 bridgehead atoms. The molecule has 1 fully saturated rings. The zero-order valence-corrected chi connectivity index (χ0v) is 22.6. The third-order valence-electron chi connectivity index (χ3n) is 6.81. The van der Waals surface area contributed by atoms with E-state index in [1.807, 2.05) is 49.6 Å². The standard InChI is InChI=1S/C28H31N9O3/c1-17-4-5-18(26-33-25(40-34-26)15-35-13-21(29)14-35)8-22(17)32-27(38)23-10-30-24-7-6-19(12-37(23)24)20-9-31-36(11-20)16-28(2,3)39/h4-12,21,39H,13-16,29H2,1-3H3,(H,32,38). The molecule has 12 nitrogen and oxygen atoms in total. The minimum atomic E-state index is -0.882. The van der Waals surface area contributed by atoms with Gasteiger partial charge in [0.15, 0.2) is 0 Å². The number of hydrogen-bond acceptors (Lipinski definition) is 9. The Bertz CT molecular complexity index is 1690. The van der Waals surface area contributed by atoms with Gasteiger partial charge in [-0.2, -0.15) is 10.1 Å². The van der Waals surface area contributed by atoms with E-state index >= 15 is 0 Å². The van der Waals surface area contributed by atoms with Crippen LogP contribution < -0.4 is 11.1 Å².